The van der Waals surface area contributed by atoms with Crippen molar-refractivity contribution in [2.75, 3.05) is 5.32 Å². The molecule has 0 aliphatic rings. The van der Waals surface area contributed by atoms with Crippen LogP contribution in [0.3, 0.4) is 0 Å². The molecule has 4 nitrogen and oxygen atoms in total. The maximum absolute atomic E-state index is 12.4. The zero-order valence-electron chi connectivity index (χ0n) is 13.9. The predicted octanol–water partition coefficient (Wildman–Crippen LogP) is 5.57. The Morgan fingerprint density at radius 2 is 1.96 bits per heavy atom. The molecule has 4 rings (SSSR count). The van der Waals surface area contributed by atoms with Gasteiger partial charge in [0.2, 0.25) is 0 Å². The highest BCUT2D eigenvalue weighted by atomic mass is 35.5. The number of carbonyl (C=O) groups is 1. The number of rotatable bonds is 3. The van der Waals surface area contributed by atoms with Crippen LogP contribution >= 0.6 is 22.9 Å². The first-order valence-electron chi connectivity index (χ1n) is 7.99. The van der Waals surface area contributed by atoms with E-state index in [0.29, 0.717) is 15.7 Å². The molecule has 4 aromatic rings. The maximum atomic E-state index is 12.4. The van der Waals surface area contributed by atoms with Crippen LogP contribution in [0.15, 0.2) is 60.9 Å². The molecule has 1 N–H and O–H groups in total. The summed E-state index contributed by atoms with van der Waals surface area (Å²) in [5, 5.41) is 5.99. The van der Waals surface area contributed by atoms with E-state index in [1.54, 1.807) is 24.5 Å². The van der Waals surface area contributed by atoms with E-state index < -0.39 is 0 Å². The van der Waals surface area contributed by atoms with Crippen LogP contribution in [0.25, 0.3) is 22.0 Å². The van der Waals surface area contributed by atoms with E-state index in [1.807, 2.05) is 43.3 Å². The third-order valence-corrected chi connectivity index (χ3v) is 5.21. The quantitative estimate of drug-likeness (QED) is 0.506. The van der Waals surface area contributed by atoms with Crippen molar-refractivity contribution in [2.24, 2.45) is 0 Å². The summed E-state index contributed by atoms with van der Waals surface area (Å²) in [5.74, 6) is -0.234. The van der Waals surface area contributed by atoms with E-state index in [9.17, 15) is 4.79 Å². The van der Waals surface area contributed by atoms with Crippen LogP contribution in [0.1, 0.15) is 14.7 Å². The lowest BCUT2D eigenvalue weighted by Gasteiger charge is -2.10. The number of pyridine rings is 1. The number of anilines is 1. The Bertz CT molecular complexity index is 1120. The van der Waals surface area contributed by atoms with E-state index in [-0.39, 0.29) is 5.91 Å². The van der Waals surface area contributed by atoms with Gasteiger partial charge >= 0.3 is 0 Å². The van der Waals surface area contributed by atoms with Crippen molar-refractivity contribution in [3.05, 3.63) is 75.8 Å². The van der Waals surface area contributed by atoms with E-state index in [4.69, 9.17) is 11.6 Å². The van der Waals surface area contributed by atoms with Gasteiger partial charge in [0.05, 0.1) is 10.7 Å². The SMILES string of the molecule is Cc1cnc(C(=O)Nc2ccc(Cl)c(-c3nccc4ccccc34)c2)s1. The van der Waals surface area contributed by atoms with Gasteiger partial charge in [0.1, 0.15) is 0 Å². The molecule has 0 bridgehead atoms. The Labute approximate surface area is 159 Å². The standard InChI is InChI=1S/C20H14ClN3OS/c1-12-11-23-20(26-12)19(25)24-14-6-7-17(21)16(10-14)18-15-5-3-2-4-13(15)8-9-22-18/h2-11H,1H3,(H,24,25). The van der Waals surface area contributed by atoms with E-state index >= 15 is 0 Å². The molecule has 0 radical (unpaired) electrons. The smallest absolute Gasteiger partial charge is 0.284 e. The largest absolute Gasteiger partial charge is 0.320 e. The molecule has 0 unspecified atom stereocenters. The topological polar surface area (TPSA) is 54.9 Å². The average molecular weight is 380 g/mol. The van der Waals surface area contributed by atoms with Crippen molar-refractivity contribution in [2.45, 2.75) is 6.92 Å². The summed E-state index contributed by atoms with van der Waals surface area (Å²) in [6.07, 6.45) is 3.45. The summed E-state index contributed by atoms with van der Waals surface area (Å²) in [6.45, 7) is 1.92. The number of halogens is 1. The fraction of sp³-hybridized carbons (Fsp3) is 0.0500. The molecule has 0 aliphatic heterocycles. The number of carbonyl (C=O) groups excluding carboxylic acids is 1. The first kappa shape index (κ1) is 16.7. The van der Waals surface area contributed by atoms with Gasteiger partial charge in [-0.3, -0.25) is 9.78 Å². The highest BCUT2D eigenvalue weighted by molar-refractivity contribution is 7.13. The number of aryl methyl sites for hydroxylation is 1. The third-order valence-electron chi connectivity index (χ3n) is 3.97. The highest BCUT2D eigenvalue weighted by Gasteiger charge is 2.13. The predicted molar refractivity (Wildman–Crippen MR) is 107 cm³/mol. The maximum Gasteiger partial charge on any atom is 0.284 e. The van der Waals surface area contributed by atoms with Crippen molar-refractivity contribution in [3.63, 3.8) is 0 Å². The van der Waals surface area contributed by atoms with Gasteiger partial charge in [-0.25, -0.2) is 4.98 Å². The lowest BCUT2D eigenvalue weighted by atomic mass is 10.0. The van der Waals surface area contributed by atoms with Crippen LogP contribution in [-0.4, -0.2) is 15.9 Å². The lowest BCUT2D eigenvalue weighted by Crippen LogP contribution is -2.11. The summed E-state index contributed by atoms with van der Waals surface area (Å²) in [5.41, 5.74) is 2.21. The molecule has 0 spiro atoms. The molecule has 0 aliphatic carbocycles. The summed E-state index contributed by atoms with van der Waals surface area (Å²) in [6, 6.07) is 15.3. The number of aromatic nitrogens is 2. The van der Waals surface area contributed by atoms with Crippen LogP contribution in [0, 0.1) is 6.92 Å². The second-order valence-electron chi connectivity index (χ2n) is 5.81. The molecule has 0 saturated heterocycles. The minimum absolute atomic E-state index is 0.234. The number of hydrogen-bond acceptors (Lipinski definition) is 4. The monoisotopic (exact) mass is 379 g/mol. The number of fused-ring (bicyclic) bond motifs is 1. The van der Waals surface area contributed by atoms with Crippen LogP contribution < -0.4 is 5.32 Å². The Balaban J connectivity index is 1.73. The molecule has 0 fully saturated rings. The molecule has 2 heterocycles. The Kier molecular flexibility index (Phi) is 4.41. The number of hydrogen-bond donors (Lipinski definition) is 1. The molecule has 0 atom stereocenters. The molecule has 0 saturated carbocycles. The van der Waals surface area contributed by atoms with E-state index in [2.05, 4.69) is 15.3 Å². The van der Waals surface area contributed by atoms with Crippen LogP contribution in [-0.2, 0) is 0 Å². The summed E-state index contributed by atoms with van der Waals surface area (Å²) in [7, 11) is 0. The first-order valence-corrected chi connectivity index (χ1v) is 9.19. The third kappa shape index (κ3) is 3.19. The van der Waals surface area contributed by atoms with Gasteiger partial charge in [0.15, 0.2) is 5.01 Å². The van der Waals surface area contributed by atoms with Crippen LogP contribution in [0.5, 0.6) is 0 Å². The van der Waals surface area contributed by atoms with Crippen molar-refractivity contribution < 1.29 is 4.79 Å². The number of nitrogens with zero attached hydrogens (tertiary/aromatic N) is 2. The van der Waals surface area contributed by atoms with Crippen molar-refractivity contribution in [3.8, 4) is 11.3 Å². The summed E-state index contributed by atoms with van der Waals surface area (Å²) in [4.78, 5) is 22.0. The van der Waals surface area contributed by atoms with Gasteiger partial charge in [-0.2, -0.15) is 0 Å². The molecular weight excluding hydrogens is 366 g/mol. The molecular formula is C20H14ClN3OS. The summed E-state index contributed by atoms with van der Waals surface area (Å²) >= 11 is 7.78. The minimum atomic E-state index is -0.234. The molecule has 1 amide bonds. The number of amides is 1. The van der Waals surface area contributed by atoms with Crippen molar-refractivity contribution >= 4 is 45.3 Å². The van der Waals surface area contributed by atoms with Gasteiger partial charge in [-0.1, -0.05) is 35.9 Å². The molecule has 26 heavy (non-hydrogen) atoms. The number of nitrogens with one attached hydrogen (secondary N) is 1. The van der Waals surface area contributed by atoms with E-state index in [0.717, 1.165) is 26.9 Å². The van der Waals surface area contributed by atoms with Crippen LogP contribution in [0.2, 0.25) is 5.02 Å². The fourth-order valence-electron chi connectivity index (χ4n) is 2.76. The Morgan fingerprint density at radius 3 is 2.77 bits per heavy atom. The second kappa shape index (κ2) is 6.86. The van der Waals surface area contributed by atoms with E-state index in [1.165, 1.54) is 11.3 Å². The minimum Gasteiger partial charge on any atom is -0.320 e. The number of thiazole rings is 1. The first-order chi connectivity index (χ1) is 12.6. The number of benzene rings is 2. The molecule has 6 heteroatoms. The molecule has 128 valence electrons. The highest BCUT2D eigenvalue weighted by Crippen LogP contribution is 2.33. The van der Waals surface area contributed by atoms with Gasteiger partial charge in [-0.05, 0) is 36.6 Å². The van der Waals surface area contributed by atoms with Crippen LogP contribution in [0.4, 0.5) is 5.69 Å². The normalized spacial score (nSPS) is 10.8. The summed E-state index contributed by atoms with van der Waals surface area (Å²) < 4.78 is 0. The van der Waals surface area contributed by atoms with Gasteiger partial charge in [0.25, 0.3) is 5.91 Å². The second-order valence-corrected chi connectivity index (χ2v) is 7.45. The van der Waals surface area contributed by atoms with Crippen molar-refractivity contribution in [1.29, 1.82) is 0 Å². The fourth-order valence-corrected chi connectivity index (χ4v) is 3.63. The zero-order valence-corrected chi connectivity index (χ0v) is 15.4. The average Bonchev–Trinajstić information content (AvgIpc) is 3.09. The van der Waals surface area contributed by atoms with Crippen molar-refractivity contribution in [1.82, 2.24) is 9.97 Å². The molecule has 2 aromatic heterocycles. The lowest BCUT2D eigenvalue weighted by molar-refractivity contribution is 0.102. The Hall–Kier alpha value is -2.76. The van der Waals surface area contributed by atoms with Gasteiger partial charge in [0, 0.05) is 33.9 Å². The molecule has 2 aromatic carbocycles. The Morgan fingerprint density at radius 1 is 1.12 bits per heavy atom. The zero-order chi connectivity index (χ0) is 18.1. The van der Waals surface area contributed by atoms with Gasteiger partial charge in [-0.15, -0.1) is 11.3 Å². The van der Waals surface area contributed by atoms with Gasteiger partial charge < -0.3 is 5.32 Å².